The van der Waals surface area contributed by atoms with Gasteiger partial charge in [0.2, 0.25) is 0 Å². The maximum Gasteiger partial charge on any atom is 0.137 e. The molecule has 0 bridgehead atoms. The van der Waals surface area contributed by atoms with E-state index in [0.717, 1.165) is 37.8 Å². The minimum Gasteiger partial charge on any atom is -0.508 e. The van der Waals surface area contributed by atoms with Crippen LogP contribution in [0.3, 0.4) is 0 Å². The van der Waals surface area contributed by atoms with Crippen LogP contribution < -0.4 is 0 Å². The molecule has 24 heavy (non-hydrogen) atoms. The Labute approximate surface area is 143 Å². The summed E-state index contributed by atoms with van der Waals surface area (Å²) in [6.07, 6.45) is 1.94. The van der Waals surface area contributed by atoms with Crippen molar-refractivity contribution in [2.75, 3.05) is 13.1 Å². The molecular weight excluding hydrogens is 302 g/mol. The smallest absolute Gasteiger partial charge is 0.137 e. The fourth-order valence-electron chi connectivity index (χ4n) is 3.39. The van der Waals surface area contributed by atoms with Crippen LogP contribution in [-0.2, 0) is 12.8 Å². The van der Waals surface area contributed by atoms with E-state index in [9.17, 15) is 15.3 Å². The summed E-state index contributed by atoms with van der Waals surface area (Å²) in [5, 5.41) is 30.5. The summed E-state index contributed by atoms with van der Waals surface area (Å²) in [5.41, 5.74) is 2.96. The lowest BCUT2D eigenvalue weighted by molar-refractivity contribution is -0.0813. The summed E-state index contributed by atoms with van der Waals surface area (Å²) in [6, 6.07) is 15.3. The average molecular weight is 327 g/mol. The molecule has 1 heterocycles. The SMILES string of the molecule is Oc1ccc2c(c1)CCN(CCCCc1ccccc1)[C@@H](O)[C@@H]2O. The first-order valence-electron chi connectivity index (χ1n) is 8.61. The van der Waals surface area contributed by atoms with Crippen molar-refractivity contribution in [2.45, 2.75) is 38.0 Å². The molecule has 0 saturated heterocycles. The van der Waals surface area contributed by atoms with Gasteiger partial charge < -0.3 is 15.3 Å². The van der Waals surface area contributed by atoms with Crippen molar-refractivity contribution in [1.29, 1.82) is 0 Å². The Balaban J connectivity index is 1.55. The molecule has 3 N–H and O–H groups in total. The van der Waals surface area contributed by atoms with E-state index in [-0.39, 0.29) is 5.75 Å². The van der Waals surface area contributed by atoms with Crippen LogP contribution in [0.5, 0.6) is 5.75 Å². The summed E-state index contributed by atoms with van der Waals surface area (Å²) < 4.78 is 0. The predicted octanol–water partition coefficient (Wildman–Crippen LogP) is 2.63. The van der Waals surface area contributed by atoms with Gasteiger partial charge in [0, 0.05) is 13.1 Å². The minimum atomic E-state index is -0.933. The number of phenols is 1. The Morgan fingerprint density at radius 2 is 1.79 bits per heavy atom. The molecule has 0 saturated carbocycles. The van der Waals surface area contributed by atoms with Crippen molar-refractivity contribution in [3.8, 4) is 5.75 Å². The molecule has 2 aromatic carbocycles. The Bertz CT molecular complexity index is 659. The van der Waals surface area contributed by atoms with E-state index >= 15 is 0 Å². The Morgan fingerprint density at radius 1 is 1.00 bits per heavy atom. The van der Waals surface area contributed by atoms with Gasteiger partial charge in [-0.25, -0.2) is 0 Å². The van der Waals surface area contributed by atoms with Gasteiger partial charge in [0.15, 0.2) is 0 Å². The van der Waals surface area contributed by atoms with E-state index in [1.165, 1.54) is 5.56 Å². The van der Waals surface area contributed by atoms with Crippen LogP contribution in [0, 0.1) is 0 Å². The second-order valence-corrected chi connectivity index (χ2v) is 6.47. The lowest BCUT2D eigenvalue weighted by Gasteiger charge is -2.28. The van der Waals surface area contributed by atoms with Crippen molar-refractivity contribution in [1.82, 2.24) is 4.90 Å². The van der Waals surface area contributed by atoms with Crippen LogP contribution in [0.1, 0.15) is 35.6 Å². The highest BCUT2D eigenvalue weighted by Gasteiger charge is 2.29. The number of unbranched alkanes of at least 4 members (excludes halogenated alkanes) is 1. The third-order valence-electron chi connectivity index (χ3n) is 4.77. The number of aliphatic hydroxyl groups is 2. The van der Waals surface area contributed by atoms with E-state index in [1.54, 1.807) is 18.2 Å². The summed E-state index contributed by atoms with van der Waals surface area (Å²) in [5.74, 6) is 0.201. The topological polar surface area (TPSA) is 63.9 Å². The maximum atomic E-state index is 10.5. The first-order chi connectivity index (χ1) is 11.6. The highest BCUT2D eigenvalue weighted by Crippen LogP contribution is 2.30. The number of nitrogens with zero attached hydrogens (tertiary/aromatic N) is 1. The van der Waals surface area contributed by atoms with Gasteiger partial charge in [0.25, 0.3) is 0 Å². The zero-order valence-electron chi connectivity index (χ0n) is 13.8. The van der Waals surface area contributed by atoms with Crippen molar-refractivity contribution in [2.24, 2.45) is 0 Å². The molecule has 2 aromatic rings. The van der Waals surface area contributed by atoms with Crippen molar-refractivity contribution >= 4 is 0 Å². The summed E-state index contributed by atoms with van der Waals surface area (Å²) >= 11 is 0. The molecule has 1 aliphatic heterocycles. The van der Waals surface area contributed by atoms with E-state index in [4.69, 9.17) is 0 Å². The van der Waals surface area contributed by atoms with E-state index in [0.29, 0.717) is 12.1 Å². The van der Waals surface area contributed by atoms with Gasteiger partial charge >= 0.3 is 0 Å². The van der Waals surface area contributed by atoms with Gasteiger partial charge in [-0.05, 0) is 54.5 Å². The number of aliphatic hydroxyl groups excluding tert-OH is 2. The molecule has 0 fully saturated rings. The highest BCUT2D eigenvalue weighted by atomic mass is 16.3. The minimum absolute atomic E-state index is 0.201. The van der Waals surface area contributed by atoms with E-state index in [2.05, 4.69) is 24.3 Å². The number of rotatable bonds is 5. The van der Waals surface area contributed by atoms with Crippen LogP contribution in [0.15, 0.2) is 48.5 Å². The van der Waals surface area contributed by atoms with Gasteiger partial charge in [-0.15, -0.1) is 0 Å². The van der Waals surface area contributed by atoms with Gasteiger partial charge in [-0.2, -0.15) is 0 Å². The molecule has 128 valence electrons. The van der Waals surface area contributed by atoms with E-state index in [1.807, 2.05) is 11.0 Å². The third kappa shape index (κ3) is 3.96. The van der Waals surface area contributed by atoms with Crippen LogP contribution >= 0.6 is 0 Å². The second kappa shape index (κ2) is 7.79. The molecule has 1 aliphatic rings. The number of hydrogen-bond acceptors (Lipinski definition) is 4. The van der Waals surface area contributed by atoms with Crippen LogP contribution in [0.4, 0.5) is 0 Å². The number of benzene rings is 2. The standard InChI is InChI=1S/C20H25NO3/c22-17-9-10-18-16(14-17)11-13-21(20(24)19(18)23)12-5-4-8-15-6-2-1-3-7-15/h1-3,6-7,9-10,14,19-20,22-24H,4-5,8,11-13H2/t19-,20+/m1/s1. The highest BCUT2D eigenvalue weighted by molar-refractivity contribution is 5.37. The molecule has 4 heteroatoms. The third-order valence-corrected chi connectivity index (χ3v) is 4.77. The zero-order valence-corrected chi connectivity index (χ0v) is 13.8. The maximum absolute atomic E-state index is 10.5. The van der Waals surface area contributed by atoms with Crippen LogP contribution in [0.25, 0.3) is 0 Å². The van der Waals surface area contributed by atoms with Gasteiger partial charge in [-0.3, -0.25) is 4.90 Å². The first kappa shape index (κ1) is 17.0. The fraction of sp³-hybridized carbons (Fsp3) is 0.400. The van der Waals surface area contributed by atoms with Crippen molar-refractivity contribution < 1.29 is 15.3 Å². The molecule has 0 spiro atoms. The molecular formula is C20H25NO3. The van der Waals surface area contributed by atoms with E-state index < -0.39 is 12.3 Å². The lowest BCUT2D eigenvalue weighted by Crippen LogP contribution is -2.39. The van der Waals surface area contributed by atoms with Gasteiger partial charge in [-0.1, -0.05) is 36.4 Å². The molecule has 2 atom stereocenters. The Kier molecular flexibility index (Phi) is 5.51. The monoisotopic (exact) mass is 327 g/mol. The van der Waals surface area contributed by atoms with Gasteiger partial charge in [0.05, 0.1) is 0 Å². The number of phenolic OH excluding ortho intramolecular Hbond substituents is 1. The van der Waals surface area contributed by atoms with Crippen molar-refractivity contribution in [3.05, 3.63) is 65.2 Å². The normalized spacial score (nSPS) is 21.2. The predicted molar refractivity (Wildman–Crippen MR) is 93.7 cm³/mol. The van der Waals surface area contributed by atoms with Crippen LogP contribution in [0.2, 0.25) is 0 Å². The Hall–Kier alpha value is -1.88. The van der Waals surface area contributed by atoms with Gasteiger partial charge in [0.1, 0.15) is 18.1 Å². The molecule has 4 nitrogen and oxygen atoms in total. The quantitative estimate of drug-likeness (QED) is 0.739. The molecule has 0 aliphatic carbocycles. The molecule has 0 amide bonds. The zero-order chi connectivity index (χ0) is 16.9. The molecule has 0 unspecified atom stereocenters. The molecule has 3 rings (SSSR count). The summed E-state index contributed by atoms with van der Waals surface area (Å²) in [7, 11) is 0. The lowest BCUT2D eigenvalue weighted by atomic mass is 10.0. The summed E-state index contributed by atoms with van der Waals surface area (Å²) in [6.45, 7) is 1.44. The fourth-order valence-corrected chi connectivity index (χ4v) is 3.39. The number of hydrogen-bond donors (Lipinski definition) is 3. The molecule has 0 radical (unpaired) electrons. The Morgan fingerprint density at radius 3 is 2.58 bits per heavy atom. The number of aromatic hydroxyl groups is 1. The van der Waals surface area contributed by atoms with Crippen LogP contribution in [-0.4, -0.2) is 39.5 Å². The summed E-state index contributed by atoms with van der Waals surface area (Å²) in [4.78, 5) is 1.94. The second-order valence-electron chi connectivity index (χ2n) is 6.47. The number of aryl methyl sites for hydroxylation is 1. The largest absolute Gasteiger partial charge is 0.508 e. The van der Waals surface area contributed by atoms with Crippen molar-refractivity contribution in [3.63, 3.8) is 0 Å². The first-order valence-corrected chi connectivity index (χ1v) is 8.61. The number of fused-ring (bicyclic) bond motifs is 1. The molecule has 0 aromatic heterocycles. The average Bonchev–Trinajstić information content (AvgIpc) is 2.71.